The first-order valence-corrected chi connectivity index (χ1v) is 7.10. The molecule has 0 saturated heterocycles. The number of benzene rings is 1. The predicted octanol–water partition coefficient (Wildman–Crippen LogP) is 2.39. The van der Waals surface area contributed by atoms with Gasteiger partial charge in [0.15, 0.2) is 0 Å². The van der Waals surface area contributed by atoms with Gasteiger partial charge in [-0.1, -0.05) is 30.3 Å². The number of rotatable bonds is 6. The monoisotopic (exact) mass is 347 g/mol. The average molecular weight is 348 g/mol. The van der Waals surface area contributed by atoms with Crippen LogP contribution in [0.25, 0.3) is 0 Å². The van der Waals surface area contributed by atoms with Gasteiger partial charge in [0.2, 0.25) is 5.91 Å². The summed E-state index contributed by atoms with van der Waals surface area (Å²) in [6.07, 6.45) is 2.53. The zero-order valence-corrected chi connectivity index (χ0v) is 13.8. The Balaban J connectivity index is 0.00000200. The van der Waals surface area contributed by atoms with E-state index in [4.69, 9.17) is 5.73 Å². The molecule has 1 aromatic carbocycles. The highest BCUT2D eigenvalue weighted by atomic mass is 35.5. The molecule has 0 fully saturated rings. The van der Waals surface area contributed by atoms with E-state index < -0.39 is 0 Å². The van der Waals surface area contributed by atoms with Crippen molar-refractivity contribution in [2.45, 2.75) is 12.3 Å². The van der Waals surface area contributed by atoms with Crippen LogP contribution in [-0.4, -0.2) is 24.0 Å². The van der Waals surface area contributed by atoms with Crippen molar-refractivity contribution in [1.82, 2.24) is 10.3 Å². The minimum atomic E-state index is -0.280. The van der Waals surface area contributed by atoms with E-state index >= 15 is 0 Å². The zero-order valence-electron chi connectivity index (χ0n) is 11.4. The Bertz CT molecular complexity index is 508. The first kappa shape index (κ1) is 19.9. The van der Waals surface area contributed by atoms with Gasteiger partial charge in [-0.2, -0.15) is 0 Å². The largest absolute Gasteiger partial charge is 0.355 e. The third kappa shape index (κ3) is 6.01. The predicted molar refractivity (Wildman–Crippen MR) is 91.6 cm³/mol. The minimum Gasteiger partial charge on any atom is -0.355 e. The Kier molecular flexibility index (Phi) is 9.99. The summed E-state index contributed by atoms with van der Waals surface area (Å²) in [6, 6.07) is 9.62. The summed E-state index contributed by atoms with van der Waals surface area (Å²) in [5, 5.41) is 5.88. The maximum Gasteiger partial charge on any atom is 0.228 e. The summed E-state index contributed by atoms with van der Waals surface area (Å²) >= 11 is 1.60. The number of amides is 1. The van der Waals surface area contributed by atoms with Crippen LogP contribution in [-0.2, 0) is 11.2 Å². The summed E-state index contributed by atoms with van der Waals surface area (Å²) < 4.78 is 0. The van der Waals surface area contributed by atoms with Crippen molar-refractivity contribution in [3.8, 4) is 0 Å². The SMILES string of the molecule is Cl.Cl.NCC(C(=O)NCCc1nccs1)c1ccccc1. The Morgan fingerprint density at radius 2 is 2.00 bits per heavy atom. The van der Waals surface area contributed by atoms with Crippen LogP contribution >= 0.6 is 36.2 Å². The van der Waals surface area contributed by atoms with Crippen LogP contribution in [0.5, 0.6) is 0 Å². The number of halogens is 2. The maximum atomic E-state index is 12.1. The molecule has 4 nitrogen and oxygen atoms in total. The minimum absolute atomic E-state index is 0. The molecule has 0 aliphatic carbocycles. The molecule has 0 spiro atoms. The van der Waals surface area contributed by atoms with E-state index in [1.54, 1.807) is 17.5 Å². The van der Waals surface area contributed by atoms with Gasteiger partial charge >= 0.3 is 0 Å². The fourth-order valence-electron chi connectivity index (χ4n) is 1.87. The molecule has 2 rings (SSSR count). The van der Waals surface area contributed by atoms with Crippen molar-refractivity contribution in [2.24, 2.45) is 5.73 Å². The molecule has 0 radical (unpaired) electrons. The molecule has 1 heterocycles. The molecule has 0 bridgehead atoms. The second-order valence-electron chi connectivity index (χ2n) is 4.17. The number of carbonyl (C=O) groups is 1. The molecular formula is C14H19Cl2N3OS. The molecule has 0 aliphatic heterocycles. The fourth-order valence-corrected chi connectivity index (χ4v) is 2.49. The van der Waals surface area contributed by atoms with Crippen molar-refractivity contribution in [1.29, 1.82) is 0 Å². The van der Waals surface area contributed by atoms with Crippen LogP contribution in [0.15, 0.2) is 41.9 Å². The average Bonchev–Trinajstić information content (AvgIpc) is 2.94. The van der Waals surface area contributed by atoms with Gasteiger partial charge in [-0.15, -0.1) is 36.2 Å². The standard InChI is InChI=1S/C14H17N3OS.2ClH/c15-10-12(11-4-2-1-3-5-11)14(18)17-7-6-13-16-8-9-19-13;;/h1-5,8-9,12H,6-7,10,15H2,(H,17,18);2*1H. The highest BCUT2D eigenvalue weighted by Crippen LogP contribution is 2.14. The third-order valence-electron chi connectivity index (χ3n) is 2.88. The van der Waals surface area contributed by atoms with Gasteiger partial charge in [-0.3, -0.25) is 4.79 Å². The van der Waals surface area contributed by atoms with Crippen LogP contribution in [0.1, 0.15) is 16.5 Å². The number of hydrogen-bond acceptors (Lipinski definition) is 4. The van der Waals surface area contributed by atoms with Crippen LogP contribution in [0.4, 0.5) is 0 Å². The van der Waals surface area contributed by atoms with Gasteiger partial charge in [0.05, 0.1) is 10.9 Å². The molecule has 1 amide bonds. The Hall–Kier alpha value is -1.14. The summed E-state index contributed by atoms with van der Waals surface area (Å²) in [6.45, 7) is 0.906. The van der Waals surface area contributed by atoms with Crippen LogP contribution in [0, 0.1) is 0 Å². The van der Waals surface area contributed by atoms with E-state index in [0.29, 0.717) is 13.1 Å². The zero-order chi connectivity index (χ0) is 13.5. The van der Waals surface area contributed by atoms with E-state index in [9.17, 15) is 4.79 Å². The molecule has 1 aromatic heterocycles. The summed E-state index contributed by atoms with van der Waals surface area (Å²) in [4.78, 5) is 16.3. The molecule has 0 saturated carbocycles. The van der Waals surface area contributed by atoms with Crippen LogP contribution in [0.3, 0.4) is 0 Å². The van der Waals surface area contributed by atoms with Gasteiger partial charge in [0, 0.05) is 31.1 Å². The first-order chi connectivity index (χ1) is 9.31. The van der Waals surface area contributed by atoms with E-state index in [1.165, 1.54) is 0 Å². The van der Waals surface area contributed by atoms with Gasteiger partial charge in [-0.25, -0.2) is 4.98 Å². The highest BCUT2D eigenvalue weighted by Gasteiger charge is 2.18. The van der Waals surface area contributed by atoms with Gasteiger partial charge < -0.3 is 11.1 Å². The summed E-state index contributed by atoms with van der Waals surface area (Å²) in [5.74, 6) is -0.303. The molecular weight excluding hydrogens is 329 g/mol. The van der Waals surface area contributed by atoms with Crippen molar-refractivity contribution in [2.75, 3.05) is 13.1 Å². The van der Waals surface area contributed by atoms with E-state index in [1.807, 2.05) is 35.7 Å². The Labute approximate surface area is 141 Å². The second kappa shape index (κ2) is 10.6. The Morgan fingerprint density at radius 1 is 1.29 bits per heavy atom. The molecule has 1 unspecified atom stereocenters. The number of aromatic nitrogens is 1. The first-order valence-electron chi connectivity index (χ1n) is 6.22. The van der Waals surface area contributed by atoms with E-state index in [-0.39, 0.29) is 36.6 Å². The second-order valence-corrected chi connectivity index (χ2v) is 5.14. The van der Waals surface area contributed by atoms with Gasteiger partial charge in [0.25, 0.3) is 0 Å². The molecule has 1 atom stereocenters. The summed E-state index contributed by atoms with van der Waals surface area (Å²) in [7, 11) is 0. The summed E-state index contributed by atoms with van der Waals surface area (Å²) in [5.41, 5.74) is 6.66. The highest BCUT2D eigenvalue weighted by molar-refractivity contribution is 7.09. The number of nitrogens with two attached hydrogens (primary N) is 1. The molecule has 7 heteroatoms. The van der Waals surface area contributed by atoms with Crippen molar-refractivity contribution >= 4 is 42.1 Å². The number of nitrogens with one attached hydrogen (secondary N) is 1. The molecule has 3 N–H and O–H groups in total. The lowest BCUT2D eigenvalue weighted by Gasteiger charge is -2.14. The lowest BCUT2D eigenvalue weighted by atomic mass is 9.98. The lowest BCUT2D eigenvalue weighted by molar-refractivity contribution is -0.122. The third-order valence-corrected chi connectivity index (χ3v) is 3.72. The maximum absolute atomic E-state index is 12.1. The van der Waals surface area contributed by atoms with Crippen molar-refractivity contribution in [3.63, 3.8) is 0 Å². The number of hydrogen-bond donors (Lipinski definition) is 2. The molecule has 2 aromatic rings. The Morgan fingerprint density at radius 3 is 2.57 bits per heavy atom. The number of thiazole rings is 1. The number of nitrogens with zero attached hydrogens (tertiary/aromatic N) is 1. The number of carbonyl (C=O) groups excluding carboxylic acids is 1. The van der Waals surface area contributed by atoms with Gasteiger partial charge in [0.1, 0.15) is 0 Å². The van der Waals surface area contributed by atoms with Crippen LogP contribution < -0.4 is 11.1 Å². The topological polar surface area (TPSA) is 68.0 Å². The van der Waals surface area contributed by atoms with Crippen molar-refractivity contribution in [3.05, 3.63) is 52.5 Å². The lowest BCUT2D eigenvalue weighted by Crippen LogP contribution is -2.34. The molecule has 0 aliphatic rings. The normalized spacial score (nSPS) is 10.9. The smallest absolute Gasteiger partial charge is 0.228 e. The molecule has 116 valence electrons. The van der Waals surface area contributed by atoms with Crippen molar-refractivity contribution < 1.29 is 4.79 Å². The molecule has 21 heavy (non-hydrogen) atoms. The van der Waals surface area contributed by atoms with Crippen LogP contribution in [0.2, 0.25) is 0 Å². The quantitative estimate of drug-likeness (QED) is 0.842. The van der Waals surface area contributed by atoms with Gasteiger partial charge in [-0.05, 0) is 5.56 Å². The van der Waals surface area contributed by atoms with E-state index in [0.717, 1.165) is 17.0 Å². The van der Waals surface area contributed by atoms with E-state index in [2.05, 4.69) is 10.3 Å². The fraction of sp³-hybridized carbons (Fsp3) is 0.286.